The maximum absolute atomic E-state index is 5.38. The summed E-state index contributed by atoms with van der Waals surface area (Å²) in [5.74, 6) is 1.25. The van der Waals surface area contributed by atoms with Crippen LogP contribution in [0.2, 0.25) is 0 Å². The zero-order valence-electron chi connectivity index (χ0n) is 8.92. The lowest BCUT2D eigenvalue weighted by Gasteiger charge is -2.02. The fraction of sp³-hybridized carbons (Fsp3) is 0. The average molecular weight is 226 g/mol. The molecule has 0 amide bonds. The van der Waals surface area contributed by atoms with E-state index >= 15 is 0 Å². The summed E-state index contributed by atoms with van der Waals surface area (Å²) in [4.78, 5) is 8.39. The molecule has 0 unspecified atom stereocenters. The van der Waals surface area contributed by atoms with Crippen molar-refractivity contribution in [1.29, 1.82) is 0 Å². The number of aromatic nitrogens is 2. The molecule has 0 aliphatic carbocycles. The van der Waals surface area contributed by atoms with Gasteiger partial charge in [-0.25, -0.2) is 4.98 Å². The van der Waals surface area contributed by atoms with Crippen molar-refractivity contribution in [3.8, 4) is 0 Å². The molecule has 3 N–H and O–H groups in total. The topological polar surface area (TPSA) is 77.0 Å². The van der Waals surface area contributed by atoms with E-state index in [0.29, 0.717) is 11.6 Å². The summed E-state index contributed by atoms with van der Waals surface area (Å²) >= 11 is 0. The van der Waals surface area contributed by atoms with Gasteiger partial charge >= 0.3 is 0 Å². The van der Waals surface area contributed by atoms with Crippen molar-refractivity contribution >= 4 is 28.6 Å². The zero-order chi connectivity index (χ0) is 11.7. The van der Waals surface area contributed by atoms with Crippen LogP contribution in [-0.2, 0) is 0 Å². The molecule has 5 nitrogen and oxygen atoms in total. The lowest BCUT2D eigenvalue weighted by Crippen LogP contribution is -1.94. The Bertz CT molecular complexity index is 662. The van der Waals surface area contributed by atoms with Gasteiger partial charge in [0, 0.05) is 5.39 Å². The third-order valence-electron chi connectivity index (χ3n) is 2.38. The van der Waals surface area contributed by atoms with Crippen LogP contribution in [0.25, 0.3) is 10.9 Å². The zero-order valence-corrected chi connectivity index (χ0v) is 8.92. The van der Waals surface area contributed by atoms with Crippen molar-refractivity contribution in [2.45, 2.75) is 0 Å². The largest absolute Gasteiger partial charge is 0.430 e. The number of pyridine rings is 1. The first-order valence-electron chi connectivity index (χ1n) is 5.15. The van der Waals surface area contributed by atoms with E-state index in [1.165, 1.54) is 6.26 Å². The van der Waals surface area contributed by atoms with Crippen LogP contribution in [0.4, 0.5) is 17.7 Å². The normalized spacial score (nSPS) is 10.6. The highest BCUT2D eigenvalue weighted by molar-refractivity contribution is 5.80. The van der Waals surface area contributed by atoms with E-state index in [9.17, 15) is 0 Å². The van der Waals surface area contributed by atoms with Crippen LogP contribution in [0.3, 0.4) is 0 Å². The van der Waals surface area contributed by atoms with Crippen LogP contribution >= 0.6 is 0 Å². The number of nitrogens with two attached hydrogens (primary N) is 1. The minimum atomic E-state index is 0.133. The predicted octanol–water partition coefficient (Wildman–Crippen LogP) is 2.55. The first kappa shape index (κ1) is 9.65. The second-order valence-electron chi connectivity index (χ2n) is 3.59. The molecule has 0 fully saturated rings. The highest BCUT2D eigenvalue weighted by atomic mass is 16.4. The fourth-order valence-corrected chi connectivity index (χ4v) is 1.61. The number of hydrogen-bond acceptors (Lipinski definition) is 5. The van der Waals surface area contributed by atoms with Crippen molar-refractivity contribution in [2.24, 2.45) is 0 Å². The number of nitrogens with zero attached hydrogens (tertiary/aromatic N) is 2. The van der Waals surface area contributed by atoms with Gasteiger partial charge in [-0.3, -0.25) is 0 Å². The predicted molar refractivity (Wildman–Crippen MR) is 65.9 cm³/mol. The molecule has 5 heteroatoms. The Balaban J connectivity index is 1.95. The Kier molecular flexibility index (Phi) is 2.15. The number of benzene rings is 1. The molecule has 0 saturated carbocycles. The number of nitrogens with one attached hydrogen (secondary N) is 1. The van der Waals surface area contributed by atoms with Gasteiger partial charge in [0.2, 0.25) is 0 Å². The molecular weight excluding hydrogens is 216 g/mol. The molecule has 17 heavy (non-hydrogen) atoms. The average Bonchev–Trinajstić information content (AvgIpc) is 2.75. The van der Waals surface area contributed by atoms with Crippen LogP contribution in [-0.4, -0.2) is 9.97 Å². The molecule has 3 rings (SSSR count). The van der Waals surface area contributed by atoms with Gasteiger partial charge in [0.15, 0.2) is 5.82 Å². The van der Waals surface area contributed by atoms with Crippen molar-refractivity contribution < 1.29 is 4.42 Å². The molecule has 0 aliphatic rings. The van der Waals surface area contributed by atoms with E-state index in [0.717, 1.165) is 10.9 Å². The van der Waals surface area contributed by atoms with Crippen molar-refractivity contribution in [3.63, 3.8) is 0 Å². The molecule has 0 atom stereocenters. The van der Waals surface area contributed by atoms with E-state index in [2.05, 4.69) is 15.3 Å². The molecule has 0 aliphatic heterocycles. The molecule has 0 spiro atoms. The number of oxazole rings is 1. The van der Waals surface area contributed by atoms with Gasteiger partial charge in [0.25, 0.3) is 6.01 Å². The number of nitrogen functional groups attached to an aromatic ring is 1. The summed E-state index contributed by atoms with van der Waals surface area (Å²) in [5, 5.41) is 4.12. The van der Waals surface area contributed by atoms with Gasteiger partial charge in [-0.15, -0.1) is 0 Å². The van der Waals surface area contributed by atoms with Crippen molar-refractivity contribution in [3.05, 3.63) is 42.7 Å². The van der Waals surface area contributed by atoms with E-state index in [-0.39, 0.29) is 6.01 Å². The Morgan fingerprint density at radius 2 is 1.88 bits per heavy atom. The Morgan fingerprint density at radius 3 is 2.71 bits per heavy atom. The van der Waals surface area contributed by atoms with Crippen molar-refractivity contribution in [2.75, 3.05) is 11.1 Å². The summed E-state index contributed by atoms with van der Waals surface area (Å²) in [6, 6.07) is 11.9. The molecule has 1 aromatic carbocycles. The summed E-state index contributed by atoms with van der Waals surface area (Å²) in [7, 11) is 0. The smallest absolute Gasteiger partial charge is 0.293 e. The molecule has 0 bridgehead atoms. The SMILES string of the molecule is Nc1nc(Nc2ccc3ccccc3n2)co1. The number of fused-ring (bicyclic) bond motifs is 1. The van der Waals surface area contributed by atoms with Gasteiger partial charge in [-0.1, -0.05) is 18.2 Å². The van der Waals surface area contributed by atoms with Crippen LogP contribution < -0.4 is 11.1 Å². The van der Waals surface area contributed by atoms with E-state index < -0.39 is 0 Å². The number of hydrogen-bond donors (Lipinski definition) is 2. The highest BCUT2D eigenvalue weighted by Crippen LogP contribution is 2.18. The molecule has 84 valence electrons. The van der Waals surface area contributed by atoms with Gasteiger partial charge in [-0.05, 0) is 18.2 Å². The monoisotopic (exact) mass is 226 g/mol. The first-order valence-corrected chi connectivity index (χ1v) is 5.15. The fourth-order valence-electron chi connectivity index (χ4n) is 1.61. The minimum absolute atomic E-state index is 0.133. The number of anilines is 3. The van der Waals surface area contributed by atoms with E-state index in [1.54, 1.807) is 0 Å². The van der Waals surface area contributed by atoms with Gasteiger partial charge in [0.1, 0.15) is 12.1 Å². The molecular formula is C12H10N4O. The molecule has 0 radical (unpaired) electrons. The standard InChI is InChI=1S/C12H10N4O/c13-12-16-11(7-17-12)15-10-6-5-8-3-1-2-4-9(8)14-10/h1-7H,(H2,13,16)(H,14,15). The quantitative estimate of drug-likeness (QED) is 0.702. The second-order valence-corrected chi connectivity index (χ2v) is 3.59. The summed E-state index contributed by atoms with van der Waals surface area (Å²) in [6.07, 6.45) is 1.45. The van der Waals surface area contributed by atoms with Crippen LogP contribution in [0.1, 0.15) is 0 Å². The van der Waals surface area contributed by atoms with Gasteiger partial charge in [-0.2, -0.15) is 4.98 Å². The van der Waals surface area contributed by atoms with Crippen LogP contribution in [0, 0.1) is 0 Å². The summed E-state index contributed by atoms with van der Waals surface area (Å²) < 4.78 is 4.90. The number of para-hydroxylation sites is 1. The molecule has 2 aromatic heterocycles. The van der Waals surface area contributed by atoms with E-state index in [4.69, 9.17) is 10.2 Å². The van der Waals surface area contributed by atoms with Crippen LogP contribution in [0.5, 0.6) is 0 Å². The van der Waals surface area contributed by atoms with Crippen molar-refractivity contribution in [1.82, 2.24) is 9.97 Å². The van der Waals surface area contributed by atoms with Gasteiger partial charge in [0.05, 0.1) is 5.52 Å². The third-order valence-corrected chi connectivity index (χ3v) is 2.38. The Hall–Kier alpha value is -2.56. The first-order chi connectivity index (χ1) is 8.31. The van der Waals surface area contributed by atoms with Gasteiger partial charge < -0.3 is 15.5 Å². The lowest BCUT2D eigenvalue weighted by atomic mass is 10.2. The molecule has 0 saturated heterocycles. The summed E-state index contributed by atoms with van der Waals surface area (Å²) in [5.41, 5.74) is 6.31. The summed E-state index contributed by atoms with van der Waals surface area (Å²) in [6.45, 7) is 0. The second kappa shape index (κ2) is 3.79. The maximum atomic E-state index is 5.38. The highest BCUT2D eigenvalue weighted by Gasteiger charge is 2.02. The lowest BCUT2D eigenvalue weighted by molar-refractivity contribution is 0.581. The number of rotatable bonds is 2. The third kappa shape index (κ3) is 1.90. The minimum Gasteiger partial charge on any atom is -0.430 e. The molecule has 3 aromatic rings. The Morgan fingerprint density at radius 1 is 1.00 bits per heavy atom. The molecule has 2 heterocycles. The van der Waals surface area contributed by atoms with E-state index in [1.807, 2.05) is 36.4 Å². The van der Waals surface area contributed by atoms with Crippen LogP contribution in [0.15, 0.2) is 47.1 Å². The maximum Gasteiger partial charge on any atom is 0.293 e. The Labute approximate surface area is 97.3 Å².